The van der Waals surface area contributed by atoms with Gasteiger partial charge in [-0.15, -0.1) is 0 Å². The summed E-state index contributed by atoms with van der Waals surface area (Å²) in [5, 5.41) is 0. The maximum Gasteiger partial charge on any atom is 0.204 e. The number of hydrogen-bond acceptors (Lipinski definition) is 4. The number of aromatic amines is 1. The smallest absolute Gasteiger partial charge is 0.204 e. The minimum atomic E-state index is 0.688. The Morgan fingerprint density at radius 1 is 1.33 bits per heavy atom. The van der Waals surface area contributed by atoms with E-state index in [1.54, 1.807) is 0 Å². The normalized spacial score (nSPS) is 16.8. The first-order chi connectivity index (χ1) is 7.18. The molecule has 1 aromatic heterocycles. The van der Waals surface area contributed by atoms with Crippen LogP contribution in [0.4, 0.5) is 5.95 Å². The molecule has 15 heavy (non-hydrogen) atoms. The lowest BCUT2D eigenvalue weighted by Gasteiger charge is -2.27. The number of morpholine rings is 1. The molecule has 1 N–H and O–H groups in total. The zero-order valence-corrected chi connectivity index (χ0v) is 9.86. The Bertz CT molecular complexity index is 410. The zero-order chi connectivity index (χ0) is 10.8. The van der Waals surface area contributed by atoms with Crippen molar-refractivity contribution in [3.8, 4) is 0 Å². The Labute approximate surface area is 94.3 Å². The van der Waals surface area contributed by atoms with E-state index in [2.05, 4.69) is 14.9 Å². The Hall–Kier alpha value is -0.940. The second-order valence-corrected chi connectivity index (χ2v) is 4.10. The third-order valence-corrected chi connectivity index (χ3v) is 3.10. The van der Waals surface area contributed by atoms with Gasteiger partial charge in [-0.2, -0.15) is 0 Å². The third kappa shape index (κ3) is 2.18. The molecule has 5 heteroatoms. The van der Waals surface area contributed by atoms with Crippen LogP contribution in [0.3, 0.4) is 0 Å². The summed E-state index contributed by atoms with van der Waals surface area (Å²) >= 11 is 5.21. The maximum absolute atomic E-state index is 5.30. The van der Waals surface area contributed by atoms with E-state index in [0.717, 1.165) is 43.5 Å². The van der Waals surface area contributed by atoms with Crippen LogP contribution in [0.5, 0.6) is 0 Å². The summed E-state index contributed by atoms with van der Waals surface area (Å²) in [7, 11) is 0. The molecule has 2 rings (SSSR count). The van der Waals surface area contributed by atoms with E-state index < -0.39 is 0 Å². The molecule has 0 bridgehead atoms. The van der Waals surface area contributed by atoms with Crippen molar-refractivity contribution in [1.29, 1.82) is 0 Å². The van der Waals surface area contributed by atoms with Crippen LogP contribution in [0.2, 0.25) is 0 Å². The number of ether oxygens (including phenoxy) is 1. The fourth-order valence-corrected chi connectivity index (χ4v) is 1.79. The fourth-order valence-electron chi connectivity index (χ4n) is 1.55. The fraction of sp³-hybridized carbons (Fsp3) is 0.600. The molecule has 0 aliphatic carbocycles. The average Bonchev–Trinajstić information content (AvgIpc) is 2.26. The molecule has 1 aliphatic heterocycles. The van der Waals surface area contributed by atoms with Gasteiger partial charge in [-0.1, -0.05) is 12.2 Å². The minimum absolute atomic E-state index is 0.688. The van der Waals surface area contributed by atoms with E-state index in [-0.39, 0.29) is 0 Å². The summed E-state index contributed by atoms with van der Waals surface area (Å²) in [5.41, 5.74) is 2.15. The van der Waals surface area contributed by atoms with Crippen molar-refractivity contribution in [3.63, 3.8) is 0 Å². The standard InChI is InChI=1S/C10H15N3OS/c1-7-8(2)11-10(12-9(7)15)13-3-5-14-6-4-13/h3-6H2,1-2H3,(H,11,12,15). The summed E-state index contributed by atoms with van der Waals surface area (Å²) in [6.45, 7) is 7.28. The highest BCUT2D eigenvalue weighted by molar-refractivity contribution is 7.71. The second kappa shape index (κ2) is 4.28. The van der Waals surface area contributed by atoms with Crippen molar-refractivity contribution >= 4 is 18.2 Å². The van der Waals surface area contributed by atoms with Gasteiger partial charge in [0.15, 0.2) is 0 Å². The second-order valence-electron chi connectivity index (χ2n) is 3.71. The molecule has 82 valence electrons. The van der Waals surface area contributed by atoms with Gasteiger partial charge >= 0.3 is 0 Å². The first kappa shape index (κ1) is 10.6. The van der Waals surface area contributed by atoms with Gasteiger partial charge in [0, 0.05) is 24.3 Å². The van der Waals surface area contributed by atoms with Crippen molar-refractivity contribution in [1.82, 2.24) is 9.97 Å². The van der Waals surface area contributed by atoms with Crippen molar-refractivity contribution in [2.75, 3.05) is 31.2 Å². The number of rotatable bonds is 1. The van der Waals surface area contributed by atoms with Crippen molar-refractivity contribution in [2.45, 2.75) is 13.8 Å². The van der Waals surface area contributed by atoms with Crippen molar-refractivity contribution < 1.29 is 4.74 Å². The topological polar surface area (TPSA) is 41.2 Å². The van der Waals surface area contributed by atoms with Gasteiger partial charge in [-0.25, -0.2) is 4.98 Å². The first-order valence-corrected chi connectivity index (χ1v) is 5.49. The van der Waals surface area contributed by atoms with Gasteiger partial charge < -0.3 is 14.6 Å². The van der Waals surface area contributed by atoms with Crippen LogP contribution in [-0.4, -0.2) is 36.3 Å². The lowest BCUT2D eigenvalue weighted by Crippen LogP contribution is -2.37. The van der Waals surface area contributed by atoms with Crippen molar-refractivity contribution in [3.05, 3.63) is 15.9 Å². The molecular formula is C10H15N3OS. The number of hydrogen-bond donors (Lipinski definition) is 1. The van der Waals surface area contributed by atoms with Crippen LogP contribution >= 0.6 is 12.2 Å². The molecule has 2 heterocycles. The summed E-state index contributed by atoms with van der Waals surface area (Å²) < 4.78 is 5.98. The molecule has 1 aliphatic rings. The van der Waals surface area contributed by atoms with Crippen LogP contribution in [0, 0.1) is 18.5 Å². The predicted octanol–water partition coefficient (Wildman–Crippen LogP) is 1.59. The molecule has 0 spiro atoms. The molecule has 1 fully saturated rings. The van der Waals surface area contributed by atoms with Crippen molar-refractivity contribution in [2.24, 2.45) is 0 Å². The molecule has 0 saturated carbocycles. The van der Waals surface area contributed by atoms with Gasteiger partial charge in [0.2, 0.25) is 5.95 Å². The lowest BCUT2D eigenvalue weighted by molar-refractivity contribution is 0.122. The number of nitrogens with one attached hydrogen (secondary N) is 1. The van der Waals surface area contributed by atoms with E-state index >= 15 is 0 Å². The summed E-state index contributed by atoms with van der Waals surface area (Å²) in [5.74, 6) is 0.867. The van der Waals surface area contributed by atoms with Gasteiger partial charge in [0.25, 0.3) is 0 Å². The quantitative estimate of drug-likeness (QED) is 0.737. The highest BCUT2D eigenvalue weighted by Crippen LogP contribution is 2.13. The highest BCUT2D eigenvalue weighted by atomic mass is 32.1. The van der Waals surface area contributed by atoms with Gasteiger partial charge in [-0.3, -0.25) is 0 Å². The Kier molecular flexibility index (Phi) is 3.02. The Morgan fingerprint density at radius 3 is 2.60 bits per heavy atom. The molecule has 0 aromatic carbocycles. The van der Waals surface area contributed by atoms with E-state index in [1.165, 1.54) is 0 Å². The molecule has 4 nitrogen and oxygen atoms in total. The highest BCUT2D eigenvalue weighted by Gasteiger charge is 2.13. The monoisotopic (exact) mass is 225 g/mol. The van der Waals surface area contributed by atoms with Gasteiger partial charge in [-0.05, 0) is 13.8 Å². The van der Waals surface area contributed by atoms with E-state index in [0.29, 0.717) is 4.64 Å². The number of anilines is 1. The molecule has 0 atom stereocenters. The maximum atomic E-state index is 5.30. The molecule has 1 aromatic rings. The Morgan fingerprint density at radius 2 is 2.00 bits per heavy atom. The number of nitrogens with zero attached hydrogens (tertiary/aromatic N) is 2. The molecular weight excluding hydrogens is 210 g/mol. The largest absolute Gasteiger partial charge is 0.378 e. The molecule has 0 radical (unpaired) electrons. The molecule has 0 unspecified atom stereocenters. The number of aromatic nitrogens is 2. The lowest BCUT2D eigenvalue weighted by atomic mass is 10.3. The minimum Gasteiger partial charge on any atom is -0.378 e. The third-order valence-electron chi connectivity index (χ3n) is 2.70. The summed E-state index contributed by atoms with van der Waals surface area (Å²) in [4.78, 5) is 9.84. The first-order valence-electron chi connectivity index (χ1n) is 5.08. The van der Waals surface area contributed by atoms with Crippen LogP contribution in [0.15, 0.2) is 0 Å². The van der Waals surface area contributed by atoms with Crippen LogP contribution in [0.25, 0.3) is 0 Å². The summed E-state index contributed by atoms with van der Waals surface area (Å²) in [6, 6.07) is 0. The van der Waals surface area contributed by atoms with Gasteiger partial charge in [0.05, 0.1) is 13.2 Å². The van der Waals surface area contributed by atoms with Crippen LogP contribution in [0.1, 0.15) is 11.3 Å². The van der Waals surface area contributed by atoms with E-state index in [9.17, 15) is 0 Å². The van der Waals surface area contributed by atoms with Crippen LogP contribution < -0.4 is 4.90 Å². The van der Waals surface area contributed by atoms with Crippen LogP contribution in [-0.2, 0) is 4.74 Å². The molecule has 1 saturated heterocycles. The average molecular weight is 225 g/mol. The summed E-state index contributed by atoms with van der Waals surface area (Å²) in [6.07, 6.45) is 0. The predicted molar refractivity (Wildman–Crippen MR) is 61.9 cm³/mol. The number of aryl methyl sites for hydroxylation is 1. The van der Waals surface area contributed by atoms with E-state index in [1.807, 2.05) is 13.8 Å². The molecule has 0 amide bonds. The zero-order valence-electron chi connectivity index (χ0n) is 9.04. The number of H-pyrrole nitrogens is 1. The van der Waals surface area contributed by atoms with Gasteiger partial charge in [0.1, 0.15) is 4.64 Å². The van der Waals surface area contributed by atoms with E-state index in [4.69, 9.17) is 17.0 Å². The SMILES string of the molecule is Cc1[nH]c(N2CCOCC2)nc(=S)c1C. The Balaban J connectivity index is 2.32.